The highest BCUT2D eigenvalue weighted by Gasteiger charge is 2.16. The molecule has 1 aliphatic heterocycles. The molecule has 0 bridgehead atoms. The Hall–Kier alpha value is -1.69. The fourth-order valence-electron chi connectivity index (χ4n) is 2.07. The van der Waals surface area contributed by atoms with Gasteiger partial charge in [0.25, 0.3) is 0 Å². The van der Waals surface area contributed by atoms with Crippen molar-refractivity contribution in [3.8, 4) is 0 Å². The van der Waals surface area contributed by atoms with Crippen LogP contribution >= 0.6 is 0 Å². The van der Waals surface area contributed by atoms with Crippen molar-refractivity contribution in [1.29, 1.82) is 0 Å². The van der Waals surface area contributed by atoms with Crippen molar-refractivity contribution >= 4 is 11.5 Å². The predicted octanol–water partition coefficient (Wildman–Crippen LogP) is 2.36. The maximum atomic E-state index is 10.8. The summed E-state index contributed by atoms with van der Waals surface area (Å²) in [6.45, 7) is 1.47. The summed E-state index contributed by atoms with van der Waals surface area (Å²) < 4.78 is 5.60. The lowest BCUT2D eigenvalue weighted by atomic mass is 10.1. The molecule has 6 heteroatoms. The summed E-state index contributed by atoms with van der Waals surface area (Å²) in [5, 5.41) is 13.8. The van der Waals surface area contributed by atoms with Crippen molar-refractivity contribution in [1.82, 2.24) is 4.98 Å². The van der Waals surface area contributed by atoms with Gasteiger partial charge in [0.15, 0.2) is 0 Å². The second kappa shape index (κ2) is 6.30. The summed E-state index contributed by atoms with van der Waals surface area (Å²) in [6.07, 6.45) is 6.09. The molecule has 0 saturated carbocycles. The number of pyridine rings is 1. The van der Waals surface area contributed by atoms with Crippen LogP contribution in [0.5, 0.6) is 0 Å². The van der Waals surface area contributed by atoms with Crippen LogP contribution in [0.3, 0.4) is 0 Å². The molecule has 1 N–H and O–H groups in total. The molecule has 2 heterocycles. The summed E-state index contributed by atoms with van der Waals surface area (Å²) in [5.41, 5.74) is 0.0158. The maximum absolute atomic E-state index is 10.8. The van der Waals surface area contributed by atoms with Gasteiger partial charge < -0.3 is 10.1 Å². The van der Waals surface area contributed by atoms with Crippen molar-refractivity contribution in [2.24, 2.45) is 0 Å². The van der Waals surface area contributed by atoms with Gasteiger partial charge in [0, 0.05) is 25.4 Å². The van der Waals surface area contributed by atoms with Crippen LogP contribution in [0.25, 0.3) is 0 Å². The van der Waals surface area contributed by atoms with E-state index in [0.29, 0.717) is 12.4 Å². The van der Waals surface area contributed by atoms with Crippen molar-refractivity contribution in [2.75, 3.05) is 18.5 Å². The lowest BCUT2D eigenvalue weighted by Gasteiger charge is -2.22. The molecule has 1 unspecified atom stereocenters. The highest BCUT2D eigenvalue weighted by atomic mass is 16.6. The Kier molecular flexibility index (Phi) is 4.46. The van der Waals surface area contributed by atoms with Crippen LogP contribution in [0.2, 0.25) is 0 Å². The summed E-state index contributed by atoms with van der Waals surface area (Å²) in [5.74, 6) is 0.332. The van der Waals surface area contributed by atoms with Crippen molar-refractivity contribution in [2.45, 2.75) is 31.8 Å². The van der Waals surface area contributed by atoms with Gasteiger partial charge in [0.1, 0.15) is 0 Å². The quantitative estimate of drug-likeness (QED) is 0.642. The first kappa shape index (κ1) is 12.8. The van der Waals surface area contributed by atoms with Gasteiger partial charge in [0.2, 0.25) is 5.82 Å². The largest absolute Gasteiger partial charge is 0.378 e. The molecule has 0 spiro atoms. The second-order valence-corrected chi connectivity index (χ2v) is 4.33. The van der Waals surface area contributed by atoms with Gasteiger partial charge in [-0.25, -0.2) is 4.98 Å². The van der Waals surface area contributed by atoms with Crippen LogP contribution in [0.4, 0.5) is 11.5 Å². The zero-order valence-electron chi connectivity index (χ0n) is 10.2. The van der Waals surface area contributed by atoms with Crippen LogP contribution in [0, 0.1) is 10.1 Å². The minimum Gasteiger partial charge on any atom is -0.378 e. The van der Waals surface area contributed by atoms with E-state index in [1.165, 1.54) is 12.5 Å². The standard InChI is InChI=1S/C12H17N3O3/c16-15(17)11-5-3-7-13-12(11)14-8-6-10-4-1-2-9-18-10/h3,5,7,10H,1-2,4,6,8-9H2,(H,13,14). The summed E-state index contributed by atoms with van der Waals surface area (Å²) in [6, 6.07) is 3.01. The minimum atomic E-state index is -0.424. The third-order valence-corrected chi connectivity index (χ3v) is 3.02. The van der Waals surface area contributed by atoms with E-state index in [2.05, 4.69) is 10.3 Å². The van der Waals surface area contributed by atoms with Gasteiger partial charge in [-0.15, -0.1) is 0 Å². The Morgan fingerprint density at radius 2 is 2.44 bits per heavy atom. The molecule has 0 aromatic carbocycles. The lowest BCUT2D eigenvalue weighted by molar-refractivity contribution is -0.384. The van der Waals surface area contributed by atoms with Gasteiger partial charge in [-0.1, -0.05) is 0 Å². The molecule has 1 aliphatic rings. The molecule has 1 atom stereocenters. The summed E-state index contributed by atoms with van der Waals surface area (Å²) in [4.78, 5) is 14.4. The van der Waals surface area contributed by atoms with Gasteiger partial charge in [0.05, 0.1) is 11.0 Å². The first-order valence-corrected chi connectivity index (χ1v) is 6.22. The molecule has 0 aliphatic carbocycles. The zero-order chi connectivity index (χ0) is 12.8. The van der Waals surface area contributed by atoms with E-state index in [1.54, 1.807) is 12.3 Å². The monoisotopic (exact) mass is 251 g/mol. The molecular weight excluding hydrogens is 234 g/mol. The van der Waals surface area contributed by atoms with E-state index in [4.69, 9.17) is 4.74 Å². The Bertz CT molecular complexity index is 405. The molecule has 0 radical (unpaired) electrons. The van der Waals surface area contributed by atoms with Gasteiger partial charge in [-0.05, 0) is 31.7 Å². The second-order valence-electron chi connectivity index (χ2n) is 4.33. The van der Waals surface area contributed by atoms with E-state index in [9.17, 15) is 10.1 Å². The van der Waals surface area contributed by atoms with Crippen molar-refractivity contribution < 1.29 is 9.66 Å². The number of aromatic nitrogens is 1. The van der Waals surface area contributed by atoms with Crippen molar-refractivity contribution in [3.63, 3.8) is 0 Å². The Morgan fingerprint density at radius 1 is 1.56 bits per heavy atom. The average molecular weight is 251 g/mol. The fraction of sp³-hybridized carbons (Fsp3) is 0.583. The first-order valence-electron chi connectivity index (χ1n) is 6.22. The molecule has 18 heavy (non-hydrogen) atoms. The van der Waals surface area contributed by atoms with E-state index in [-0.39, 0.29) is 11.8 Å². The molecule has 98 valence electrons. The minimum absolute atomic E-state index is 0.0158. The third-order valence-electron chi connectivity index (χ3n) is 3.02. The number of rotatable bonds is 5. The molecular formula is C12H17N3O3. The molecule has 2 rings (SSSR count). The molecule has 1 aromatic heterocycles. The summed E-state index contributed by atoms with van der Waals surface area (Å²) >= 11 is 0. The highest BCUT2D eigenvalue weighted by molar-refractivity contribution is 5.54. The fourth-order valence-corrected chi connectivity index (χ4v) is 2.07. The SMILES string of the molecule is O=[N+]([O-])c1cccnc1NCCC1CCCCO1. The predicted molar refractivity (Wildman–Crippen MR) is 67.6 cm³/mol. The maximum Gasteiger partial charge on any atom is 0.311 e. The van der Waals surface area contributed by atoms with Gasteiger partial charge in [-0.3, -0.25) is 10.1 Å². The summed E-state index contributed by atoms with van der Waals surface area (Å²) in [7, 11) is 0. The molecule has 0 amide bonds. The van der Waals surface area contributed by atoms with Crippen LogP contribution < -0.4 is 5.32 Å². The highest BCUT2D eigenvalue weighted by Crippen LogP contribution is 2.21. The molecule has 6 nitrogen and oxygen atoms in total. The number of nitrogens with one attached hydrogen (secondary N) is 1. The zero-order valence-corrected chi connectivity index (χ0v) is 10.2. The van der Waals surface area contributed by atoms with Crippen LogP contribution in [0.1, 0.15) is 25.7 Å². The smallest absolute Gasteiger partial charge is 0.311 e. The van der Waals surface area contributed by atoms with Crippen LogP contribution in [0.15, 0.2) is 18.3 Å². The number of hydrogen-bond donors (Lipinski definition) is 1. The third kappa shape index (κ3) is 3.40. The molecule has 1 saturated heterocycles. The Morgan fingerprint density at radius 3 is 3.17 bits per heavy atom. The van der Waals surface area contributed by atoms with E-state index in [0.717, 1.165) is 25.9 Å². The molecule has 1 fully saturated rings. The first-order chi connectivity index (χ1) is 8.77. The van der Waals surface area contributed by atoms with E-state index >= 15 is 0 Å². The van der Waals surface area contributed by atoms with Crippen LogP contribution in [-0.2, 0) is 4.74 Å². The average Bonchev–Trinajstić information content (AvgIpc) is 2.40. The Labute approximate surface area is 106 Å². The molecule has 1 aromatic rings. The number of anilines is 1. The number of nitro groups is 1. The number of hydrogen-bond acceptors (Lipinski definition) is 5. The van der Waals surface area contributed by atoms with Crippen LogP contribution in [-0.4, -0.2) is 29.2 Å². The van der Waals surface area contributed by atoms with Crippen molar-refractivity contribution in [3.05, 3.63) is 28.4 Å². The van der Waals surface area contributed by atoms with Gasteiger partial charge >= 0.3 is 5.69 Å². The normalized spacial score (nSPS) is 19.4. The van der Waals surface area contributed by atoms with E-state index in [1.807, 2.05) is 0 Å². The van der Waals surface area contributed by atoms with E-state index < -0.39 is 4.92 Å². The Balaban J connectivity index is 1.84. The lowest BCUT2D eigenvalue weighted by Crippen LogP contribution is -2.22. The topological polar surface area (TPSA) is 77.3 Å². The number of ether oxygens (including phenoxy) is 1. The van der Waals surface area contributed by atoms with Gasteiger partial charge in [-0.2, -0.15) is 0 Å². The number of nitrogens with zero attached hydrogens (tertiary/aromatic N) is 2.